The molecule has 0 saturated carbocycles. The minimum atomic E-state index is 0.821. The molecule has 112 valence electrons. The van der Waals surface area contributed by atoms with Crippen LogP contribution in [0, 0.1) is 0 Å². The Kier molecular flexibility index (Phi) is 6.39. The average molecular weight is 324 g/mol. The van der Waals surface area contributed by atoms with E-state index in [1.807, 2.05) is 48.5 Å². The number of methoxy groups -OCH3 is 2. The first-order valence-corrected chi connectivity index (χ1v) is 7.59. The van der Waals surface area contributed by atoms with Gasteiger partial charge in [0.05, 0.1) is 14.2 Å². The number of hydrogen-bond acceptors (Lipinski definition) is 7. The molecule has 2 aromatic carbocycles. The summed E-state index contributed by atoms with van der Waals surface area (Å²) >= 11 is 2.26. The lowest BCUT2D eigenvalue weighted by atomic mass is 10.3. The molecule has 21 heavy (non-hydrogen) atoms. The van der Waals surface area contributed by atoms with E-state index in [0.29, 0.717) is 0 Å². The molecule has 0 unspecified atom stereocenters. The first-order chi connectivity index (χ1) is 10.3. The maximum atomic E-state index is 5.30. The van der Waals surface area contributed by atoms with Gasteiger partial charge in [-0.3, -0.25) is 0 Å². The molecule has 0 aromatic heterocycles. The minimum absolute atomic E-state index is 0.821. The zero-order valence-electron chi connectivity index (χ0n) is 11.7. The highest BCUT2D eigenvalue weighted by Gasteiger charge is 1.97. The molecule has 5 nitrogen and oxygen atoms in total. The Morgan fingerprint density at radius 3 is 1.38 bits per heavy atom. The predicted octanol–water partition coefficient (Wildman–Crippen LogP) is 4.37. The van der Waals surface area contributed by atoms with E-state index in [4.69, 9.17) is 13.1 Å². The molecule has 0 radical (unpaired) electrons. The van der Waals surface area contributed by atoms with Gasteiger partial charge in [-0.25, -0.2) is 3.63 Å². The number of rotatable bonds is 8. The second-order valence-corrected chi connectivity index (χ2v) is 5.18. The highest BCUT2D eigenvalue weighted by atomic mass is 32.2. The summed E-state index contributed by atoms with van der Waals surface area (Å²) in [5, 5.41) is 0. The lowest BCUT2D eigenvalue weighted by Gasteiger charge is -2.07. The average Bonchev–Trinajstić information content (AvgIpc) is 2.55. The summed E-state index contributed by atoms with van der Waals surface area (Å²) in [4.78, 5) is 0. The SMILES string of the molecule is COc1ccc(NSOSNc2ccc(OC)cc2)cc1. The summed E-state index contributed by atoms with van der Waals surface area (Å²) in [6.07, 6.45) is 0. The third kappa shape index (κ3) is 5.30. The van der Waals surface area contributed by atoms with Gasteiger partial charge in [-0.05, 0) is 48.5 Å². The van der Waals surface area contributed by atoms with Crippen molar-refractivity contribution < 1.29 is 13.1 Å². The second-order valence-electron chi connectivity index (χ2n) is 3.90. The van der Waals surface area contributed by atoms with Crippen molar-refractivity contribution in [2.75, 3.05) is 23.7 Å². The maximum absolute atomic E-state index is 5.30. The zero-order chi connectivity index (χ0) is 14.9. The molecular formula is C14H16N2O3S2. The molecule has 0 fully saturated rings. The fourth-order valence-electron chi connectivity index (χ4n) is 1.47. The van der Waals surface area contributed by atoms with Gasteiger partial charge in [-0.2, -0.15) is 0 Å². The Bertz CT molecular complexity index is 485. The zero-order valence-corrected chi connectivity index (χ0v) is 13.3. The van der Waals surface area contributed by atoms with Gasteiger partial charge in [-0.1, -0.05) is 0 Å². The first-order valence-electron chi connectivity index (χ1n) is 6.11. The molecule has 2 aromatic rings. The molecular weight excluding hydrogens is 308 g/mol. The monoisotopic (exact) mass is 324 g/mol. The van der Waals surface area contributed by atoms with E-state index in [0.717, 1.165) is 47.3 Å². The van der Waals surface area contributed by atoms with Crippen LogP contribution in [0.5, 0.6) is 11.5 Å². The van der Waals surface area contributed by atoms with Crippen molar-refractivity contribution >= 4 is 35.8 Å². The van der Waals surface area contributed by atoms with E-state index < -0.39 is 0 Å². The van der Waals surface area contributed by atoms with Crippen molar-refractivity contribution in [2.24, 2.45) is 0 Å². The Morgan fingerprint density at radius 1 is 0.667 bits per heavy atom. The largest absolute Gasteiger partial charge is 0.497 e. The summed E-state index contributed by atoms with van der Waals surface area (Å²) in [7, 11) is 3.28. The second kappa shape index (κ2) is 8.56. The van der Waals surface area contributed by atoms with E-state index in [1.54, 1.807) is 14.2 Å². The number of nitrogens with one attached hydrogen (secondary N) is 2. The van der Waals surface area contributed by atoms with Crippen molar-refractivity contribution in [3.63, 3.8) is 0 Å². The molecule has 0 bridgehead atoms. The minimum Gasteiger partial charge on any atom is -0.497 e. The number of hydrogen-bond donors (Lipinski definition) is 2. The smallest absolute Gasteiger partial charge is 0.127 e. The lowest BCUT2D eigenvalue weighted by Crippen LogP contribution is -1.90. The molecule has 0 heterocycles. The van der Waals surface area contributed by atoms with Gasteiger partial charge >= 0.3 is 0 Å². The van der Waals surface area contributed by atoms with Crippen molar-refractivity contribution in [3.8, 4) is 11.5 Å². The fraction of sp³-hybridized carbons (Fsp3) is 0.143. The molecule has 7 heteroatoms. The Balaban J connectivity index is 1.64. The van der Waals surface area contributed by atoms with Crippen molar-refractivity contribution in [2.45, 2.75) is 0 Å². The Labute approximate surface area is 133 Å². The molecule has 0 atom stereocenters. The Hall–Kier alpha value is -1.70. The highest BCUT2D eigenvalue weighted by Crippen LogP contribution is 2.23. The third-order valence-corrected chi connectivity index (χ3v) is 3.75. The van der Waals surface area contributed by atoms with Gasteiger partial charge in [0.25, 0.3) is 0 Å². The van der Waals surface area contributed by atoms with Crippen LogP contribution in [0.1, 0.15) is 0 Å². The van der Waals surface area contributed by atoms with Crippen LogP contribution in [-0.2, 0) is 3.63 Å². The topological polar surface area (TPSA) is 51.8 Å². The molecule has 0 amide bonds. The van der Waals surface area contributed by atoms with Gasteiger partial charge in [-0.15, -0.1) is 0 Å². The predicted molar refractivity (Wildman–Crippen MR) is 89.5 cm³/mol. The summed E-state index contributed by atoms with van der Waals surface area (Å²) in [5.41, 5.74) is 1.87. The maximum Gasteiger partial charge on any atom is 0.127 e. The van der Waals surface area contributed by atoms with Crippen LogP contribution in [0.15, 0.2) is 48.5 Å². The van der Waals surface area contributed by atoms with Gasteiger partial charge in [0.1, 0.15) is 36.0 Å². The molecule has 0 saturated heterocycles. The standard InChI is InChI=1S/C14H16N2O3S2/c1-17-13-7-3-11(4-8-13)15-20-19-21-16-12-5-9-14(18-2)10-6-12/h3-10,15-16H,1-2H3. The summed E-state index contributed by atoms with van der Waals surface area (Å²) in [6, 6.07) is 15.2. The quantitative estimate of drug-likeness (QED) is 0.425. The molecule has 0 aliphatic heterocycles. The summed E-state index contributed by atoms with van der Waals surface area (Å²) in [6.45, 7) is 0. The Morgan fingerprint density at radius 2 is 1.05 bits per heavy atom. The lowest BCUT2D eigenvalue weighted by molar-refractivity contribution is 0.415. The van der Waals surface area contributed by atoms with Crippen LogP contribution in [-0.4, -0.2) is 14.2 Å². The van der Waals surface area contributed by atoms with Crippen LogP contribution < -0.4 is 18.9 Å². The molecule has 2 N–H and O–H groups in total. The number of benzene rings is 2. The van der Waals surface area contributed by atoms with E-state index in [9.17, 15) is 0 Å². The van der Waals surface area contributed by atoms with Crippen LogP contribution in [0.2, 0.25) is 0 Å². The van der Waals surface area contributed by atoms with Gasteiger partial charge < -0.3 is 18.9 Å². The van der Waals surface area contributed by atoms with E-state index in [-0.39, 0.29) is 0 Å². The molecule has 0 aliphatic rings. The van der Waals surface area contributed by atoms with E-state index >= 15 is 0 Å². The van der Waals surface area contributed by atoms with E-state index in [2.05, 4.69) is 9.44 Å². The number of ether oxygens (including phenoxy) is 2. The first kappa shape index (κ1) is 15.7. The van der Waals surface area contributed by atoms with Crippen LogP contribution in [0.4, 0.5) is 11.4 Å². The number of anilines is 2. The molecule has 0 spiro atoms. The molecule has 2 rings (SSSR count). The van der Waals surface area contributed by atoms with Gasteiger partial charge in [0.2, 0.25) is 0 Å². The van der Waals surface area contributed by atoms with Crippen LogP contribution in [0.25, 0.3) is 0 Å². The van der Waals surface area contributed by atoms with Gasteiger partial charge in [0.15, 0.2) is 0 Å². The van der Waals surface area contributed by atoms with Crippen LogP contribution in [0.3, 0.4) is 0 Å². The van der Waals surface area contributed by atoms with Crippen molar-refractivity contribution in [1.82, 2.24) is 0 Å². The molecule has 0 aliphatic carbocycles. The van der Waals surface area contributed by atoms with Crippen molar-refractivity contribution in [3.05, 3.63) is 48.5 Å². The van der Waals surface area contributed by atoms with Crippen LogP contribution >= 0.6 is 24.5 Å². The third-order valence-electron chi connectivity index (χ3n) is 2.57. The summed E-state index contributed by atoms with van der Waals surface area (Å²) in [5.74, 6) is 1.64. The normalized spacial score (nSPS) is 10.0. The van der Waals surface area contributed by atoms with E-state index in [1.165, 1.54) is 0 Å². The van der Waals surface area contributed by atoms with Crippen molar-refractivity contribution in [1.29, 1.82) is 0 Å². The fourth-order valence-corrected chi connectivity index (χ4v) is 2.34. The summed E-state index contributed by atoms with van der Waals surface area (Å²) < 4.78 is 21.6. The highest BCUT2D eigenvalue weighted by molar-refractivity contribution is 8.09. The van der Waals surface area contributed by atoms with Gasteiger partial charge in [0, 0.05) is 11.4 Å².